The third-order valence-corrected chi connectivity index (χ3v) is 4.23. The number of hydrogen-bond donors (Lipinski definition) is 1. The van der Waals surface area contributed by atoms with Crippen LogP contribution in [0.1, 0.15) is 34.5 Å². The van der Waals surface area contributed by atoms with Gasteiger partial charge in [0.05, 0.1) is 23.2 Å². The van der Waals surface area contributed by atoms with Crippen LogP contribution in [0, 0.1) is 11.3 Å². The van der Waals surface area contributed by atoms with Gasteiger partial charge in [0.1, 0.15) is 0 Å². The summed E-state index contributed by atoms with van der Waals surface area (Å²) in [7, 11) is 0. The van der Waals surface area contributed by atoms with Crippen molar-refractivity contribution in [2.24, 2.45) is 0 Å². The summed E-state index contributed by atoms with van der Waals surface area (Å²) in [6.07, 6.45) is 0. The summed E-state index contributed by atoms with van der Waals surface area (Å²) in [6.45, 7) is 1.50. The molecule has 1 atom stereocenters. The molecule has 3 rings (SSSR count). The minimum absolute atomic E-state index is 0.232. The maximum absolute atomic E-state index is 12.2. The van der Waals surface area contributed by atoms with Crippen molar-refractivity contribution < 1.29 is 14.3 Å². The second kappa shape index (κ2) is 8.15. The van der Waals surface area contributed by atoms with Crippen molar-refractivity contribution in [1.29, 1.82) is 5.26 Å². The Labute approximate surface area is 157 Å². The smallest absolute Gasteiger partial charge is 0.338 e. The number of carbonyl (C=O) groups excluding carboxylic acids is 2. The monoisotopic (exact) mass is 358 g/mol. The Morgan fingerprint density at radius 1 is 1.07 bits per heavy atom. The molecule has 0 saturated carbocycles. The van der Waals surface area contributed by atoms with Crippen LogP contribution in [0.5, 0.6) is 0 Å². The van der Waals surface area contributed by atoms with Gasteiger partial charge in [-0.2, -0.15) is 5.26 Å². The van der Waals surface area contributed by atoms with E-state index in [0.717, 1.165) is 16.3 Å². The van der Waals surface area contributed by atoms with Crippen molar-refractivity contribution in [1.82, 2.24) is 5.32 Å². The first-order chi connectivity index (χ1) is 13.1. The molecule has 1 amide bonds. The molecule has 0 heterocycles. The number of nitrogens with one attached hydrogen (secondary N) is 1. The quantitative estimate of drug-likeness (QED) is 0.705. The molecule has 0 saturated heterocycles. The zero-order valence-electron chi connectivity index (χ0n) is 14.8. The standard InChI is InChI=1S/C22H18N2O3/c1-15(19-11-5-8-17-7-2-3-10-20(17)19)24-21(25)14-27-22(26)18-9-4-6-16(12-18)13-23/h2-12,15H,14H2,1H3,(H,24,25)/t15-/m1/s1. The second-order valence-corrected chi connectivity index (χ2v) is 6.13. The zero-order chi connectivity index (χ0) is 19.2. The van der Waals surface area contributed by atoms with E-state index in [0.29, 0.717) is 5.56 Å². The number of carbonyl (C=O) groups is 2. The Morgan fingerprint density at radius 3 is 2.63 bits per heavy atom. The molecule has 0 unspecified atom stereocenters. The first kappa shape index (κ1) is 18.2. The summed E-state index contributed by atoms with van der Waals surface area (Å²) in [4.78, 5) is 24.2. The summed E-state index contributed by atoms with van der Waals surface area (Å²) >= 11 is 0. The Kier molecular flexibility index (Phi) is 5.48. The van der Waals surface area contributed by atoms with E-state index in [-0.39, 0.29) is 24.1 Å². The first-order valence-electron chi connectivity index (χ1n) is 8.53. The van der Waals surface area contributed by atoms with Gasteiger partial charge in [-0.05, 0) is 41.5 Å². The molecule has 3 aromatic rings. The van der Waals surface area contributed by atoms with Crippen LogP contribution in [-0.2, 0) is 9.53 Å². The van der Waals surface area contributed by atoms with E-state index in [1.807, 2.05) is 55.5 Å². The molecule has 0 fully saturated rings. The van der Waals surface area contributed by atoms with Crippen molar-refractivity contribution in [2.75, 3.05) is 6.61 Å². The SMILES string of the molecule is C[C@@H](NC(=O)COC(=O)c1cccc(C#N)c1)c1cccc2ccccc12. The third-order valence-electron chi connectivity index (χ3n) is 4.23. The van der Waals surface area contributed by atoms with E-state index in [9.17, 15) is 9.59 Å². The summed E-state index contributed by atoms with van der Waals surface area (Å²) in [6, 6.07) is 21.8. The second-order valence-electron chi connectivity index (χ2n) is 6.13. The molecular weight excluding hydrogens is 340 g/mol. The van der Waals surface area contributed by atoms with Gasteiger partial charge in [-0.1, -0.05) is 48.5 Å². The Morgan fingerprint density at radius 2 is 1.81 bits per heavy atom. The lowest BCUT2D eigenvalue weighted by atomic mass is 10.00. The molecule has 27 heavy (non-hydrogen) atoms. The van der Waals surface area contributed by atoms with Crippen LogP contribution in [-0.4, -0.2) is 18.5 Å². The van der Waals surface area contributed by atoms with Gasteiger partial charge < -0.3 is 10.1 Å². The lowest BCUT2D eigenvalue weighted by Crippen LogP contribution is -2.31. The number of esters is 1. The predicted octanol–water partition coefficient (Wildman–Crippen LogP) is 3.75. The molecule has 0 aliphatic carbocycles. The highest BCUT2D eigenvalue weighted by Crippen LogP contribution is 2.23. The van der Waals surface area contributed by atoms with E-state index < -0.39 is 5.97 Å². The van der Waals surface area contributed by atoms with Crippen LogP contribution in [0.15, 0.2) is 66.7 Å². The largest absolute Gasteiger partial charge is 0.452 e. The van der Waals surface area contributed by atoms with Gasteiger partial charge in [0.15, 0.2) is 6.61 Å². The molecular formula is C22H18N2O3. The highest BCUT2D eigenvalue weighted by Gasteiger charge is 2.15. The van der Waals surface area contributed by atoms with Crippen molar-refractivity contribution in [3.05, 3.63) is 83.4 Å². The van der Waals surface area contributed by atoms with Gasteiger partial charge >= 0.3 is 5.97 Å². The van der Waals surface area contributed by atoms with Gasteiger partial charge in [-0.3, -0.25) is 4.79 Å². The average molecular weight is 358 g/mol. The van der Waals surface area contributed by atoms with Gasteiger partial charge in [0, 0.05) is 0 Å². The van der Waals surface area contributed by atoms with Crippen molar-refractivity contribution in [3.63, 3.8) is 0 Å². The average Bonchev–Trinajstić information content (AvgIpc) is 2.71. The lowest BCUT2D eigenvalue weighted by Gasteiger charge is -2.16. The molecule has 5 nitrogen and oxygen atoms in total. The number of amides is 1. The van der Waals surface area contributed by atoms with E-state index in [1.165, 1.54) is 6.07 Å². The first-order valence-corrected chi connectivity index (χ1v) is 8.53. The normalized spacial score (nSPS) is 11.4. The van der Waals surface area contributed by atoms with Crippen LogP contribution in [0.25, 0.3) is 10.8 Å². The lowest BCUT2D eigenvalue weighted by molar-refractivity contribution is -0.124. The van der Waals surface area contributed by atoms with Crippen LogP contribution in [0.4, 0.5) is 0 Å². The van der Waals surface area contributed by atoms with Gasteiger partial charge in [-0.25, -0.2) is 4.79 Å². The van der Waals surface area contributed by atoms with Gasteiger partial charge in [0.2, 0.25) is 0 Å². The van der Waals surface area contributed by atoms with E-state index in [4.69, 9.17) is 10.00 Å². The van der Waals surface area contributed by atoms with E-state index >= 15 is 0 Å². The van der Waals surface area contributed by atoms with E-state index in [2.05, 4.69) is 5.32 Å². The number of fused-ring (bicyclic) bond motifs is 1. The minimum atomic E-state index is -0.639. The Balaban J connectivity index is 1.62. The van der Waals surface area contributed by atoms with Crippen LogP contribution in [0.2, 0.25) is 0 Å². The minimum Gasteiger partial charge on any atom is -0.452 e. The number of rotatable bonds is 5. The highest BCUT2D eigenvalue weighted by atomic mass is 16.5. The molecule has 134 valence electrons. The van der Waals surface area contributed by atoms with E-state index in [1.54, 1.807) is 18.2 Å². The van der Waals surface area contributed by atoms with Crippen molar-refractivity contribution in [3.8, 4) is 6.07 Å². The van der Waals surface area contributed by atoms with Crippen LogP contribution >= 0.6 is 0 Å². The molecule has 0 radical (unpaired) electrons. The van der Waals surface area contributed by atoms with Crippen LogP contribution in [0.3, 0.4) is 0 Å². The molecule has 0 aliphatic rings. The Bertz CT molecular complexity index is 1030. The zero-order valence-corrected chi connectivity index (χ0v) is 14.8. The molecule has 0 aromatic heterocycles. The topological polar surface area (TPSA) is 79.2 Å². The predicted molar refractivity (Wildman–Crippen MR) is 102 cm³/mol. The summed E-state index contributed by atoms with van der Waals surface area (Å²) < 4.78 is 5.05. The fraction of sp³-hybridized carbons (Fsp3) is 0.136. The fourth-order valence-electron chi connectivity index (χ4n) is 2.92. The summed E-state index contributed by atoms with van der Waals surface area (Å²) in [5.41, 5.74) is 1.59. The van der Waals surface area contributed by atoms with Crippen molar-refractivity contribution in [2.45, 2.75) is 13.0 Å². The number of hydrogen-bond acceptors (Lipinski definition) is 4. The Hall–Kier alpha value is -3.65. The van der Waals surface area contributed by atoms with Crippen LogP contribution < -0.4 is 5.32 Å². The summed E-state index contributed by atoms with van der Waals surface area (Å²) in [5.74, 6) is -1.03. The van der Waals surface area contributed by atoms with Crippen molar-refractivity contribution >= 4 is 22.6 Å². The molecule has 0 aliphatic heterocycles. The maximum Gasteiger partial charge on any atom is 0.338 e. The summed E-state index contributed by atoms with van der Waals surface area (Å²) in [5, 5.41) is 13.9. The highest BCUT2D eigenvalue weighted by molar-refractivity contribution is 5.92. The number of nitriles is 1. The van der Waals surface area contributed by atoms with Gasteiger partial charge in [0.25, 0.3) is 5.91 Å². The number of nitrogens with zero attached hydrogens (tertiary/aromatic N) is 1. The molecule has 0 spiro atoms. The fourth-order valence-corrected chi connectivity index (χ4v) is 2.92. The molecule has 0 bridgehead atoms. The maximum atomic E-state index is 12.2. The molecule has 3 aromatic carbocycles. The van der Waals surface area contributed by atoms with Gasteiger partial charge in [-0.15, -0.1) is 0 Å². The third kappa shape index (κ3) is 4.31. The molecule has 1 N–H and O–H groups in total. The molecule has 5 heteroatoms. The number of benzene rings is 3. The number of ether oxygens (including phenoxy) is 1.